The van der Waals surface area contributed by atoms with E-state index in [1.807, 2.05) is 0 Å². The minimum absolute atomic E-state index is 0.00336. The number of nitrogens with zero attached hydrogens (tertiary/aromatic N) is 5. The fourth-order valence-corrected chi connectivity index (χ4v) is 2.56. The van der Waals surface area contributed by atoms with Crippen LogP contribution in [0.1, 0.15) is 11.3 Å². The van der Waals surface area contributed by atoms with Crippen LogP contribution < -0.4 is 0 Å². The van der Waals surface area contributed by atoms with Crippen LogP contribution in [-0.4, -0.2) is 30.3 Å². The fraction of sp³-hybridized carbons (Fsp3) is 0.200. The second-order valence-electron chi connectivity index (χ2n) is 5.24. The average Bonchev–Trinajstić information content (AvgIpc) is 3.08. The zero-order valence-electron chi connectivity index (χ0n) is 12.5. The Hall–Kier alpha value is -2.52. The number of rotatable bonds is 5. The summed E-state index contributed by atoms with van der Waals surface area (Å²) in [6.07, 6.45) is 2.16. The van der Waals surface area contributed by atoms with Crippen LogP contribution in [0.3, 0.4) is 0 Å². The first-order valence-corrected chi connectivity index (χ1v) is 7.40. The Morgan fingerprint density at radius 3 is 2.60 bits per heavy atom. The summed E-state index contributed by atoms with van der Waals surface area (Å²) in [6, 6.07) is 6.85. The number of pyridine rings is 1. The van der Waals surface area contributed by atoms with E-state index in [0.717, 1.165) is 35.5 Å². The third kappa shape index (κ3) is 3.08. The van der Waals surface area contributed by atoms with Gasteiger partial charge in [-0.1, -0.05) is 23.7 Å². The second-order valence-corrected chi connectivity index (χ2v) is 5.68. The first-order chi connectivity index (χ1) is 11.8. The molecule has 130 valence electrons. The summed E-state index contributed by atoms with van der Waals surface area (Å²) >= 11 is 5.68. The molecule has 1 unspecified atom stereocenters. The Labute approximate surface area is 144 Å². The summed E-state index contributed by atoms with van der Waals surface area (Å²) in [6.45, 7) is -0.852. The topological polar surface area (TPSA) is 76.7 Å². The Balaban J connectivity index is 2.18. The second kappa shape index (κ2) is 6.41. The van der Waals surface area contributed by atoms with Crippen molar-refractivity contribution in [3.05, 3.63) is 71.0 Å². The number of hydrogen-bond donors (Lipinski definition) is 1. The summed E-state index contributed by atoms with van der Waals surface area (Å²) in [7, 11) is 0. The molecule has 0 amide bonds. The maximum atomic E-state index is 15.2. The van der Waals surface area contributed by atoms with Gasteiger partial charge >= 0.3 is 5.92 Å². The molecule has 3 aromatic rings. The SMILES string of the molecule is OC(Cn1ncnn1)(c1ccc(Cl)cc1F)C(F)(F)c1ccccn1. The van der Waals surface area contributed by atoms with Gasteiger partial charge in [0.05, 0.1) is 0 Å². The van der Waals surface area contributed by atoms with Gasteiger partial charge in [0.2, 0.25) is 0 Å². The molecule has 0 spiro atoms. The van der Waals surface area contributed by atoms with Gasteiger partial charge in [0.15, 0.2) is 11.9 Å². The molecule has 2 heterocycles. The lowest BCUT2D eigenvalue weighted by molar-refractivity contribution is -0.209. The lowest BCUT2D eigenvalue weighted by Gasteiger charge is -2.35. The van der Waals surface area contributed by atoms with Gasteiger partial charge in [0, 0.05) is 16.8 Å². The van der Waals surface area contributed by atoms with Crippen molar-refractivity contribution in [2.45, 2.75) is 18.1 Å². The Morgan fingerprint density at radius 2 is 2.00 bits per heavy atom. The molecule has 6 nitrogen and oxygen atoms in total. The van der Waals surface area contributed by atoms with Crippen molar-refractivity contribution < 1.29 is 18.3 Å². The predicted molar refractivity (Wildman–Crippen MR) is 81.3 cm³/mol. The predicted octanol–water partition coefficient (Wildman–Crippen LogP) is 2.54. The van der Waals surface area contributed by atoms with E-state index in [1.165, 1.54) is 18.2 Å². The molecule has 0 aliphatic heterocycles. The molecule has 1 N–H and O–H groups in total. The van der Waals surface area contributed by atoms with Crippen LogP contribution in [0.25, 0.3) is 0 Å². The first kappa shape index (κ1) is 17.3. The third-order valence-corrected chi connectivity index (χ3v) is 3.88. The van der Waals surface area contributed by atoms with E-state index in [9.17, 15) is 9.50 Å². The van der Waals surface area contributed by atoms with Gasteiger partial charge in [-0.2, -0.15) is 13.6 Å². The van der Waals surface area contributed by atoms with Crippen molar-refractivity contribution in [2.75, 3.05) is 0 Å². The van der Waals surface area contributed by atoms with E-state index in [2.05, 4.69) is 20.4 Å². The minimum Gasteiger partial charge on any atom is -0.377 e. The molecule has 0 bridgehead atoms. The largest absolute Gasteiger partial charge is 0.377 e. The van der Waals surface area contributed by atoms with Gasteiger partial charge in [0.1, 0.15) is 18.1 Å². The summed E-state index contributed by atoms with van der Waals surface area (Å²) in [5.74, 6) is -5.05. The molecule has 1 atom stereocenters. The van der Waals surface area contributed by atoms with Crippen LogP contribution in [0.5, 0.6) is 0 Å². The molecular weight excluding hydrogens is 359 g/mol. The number of aromatic nitrogens is 5. The maximum absolute atomic E-state index is 15.2. The highest BCUT2D eigenvalue weighted by atomic mass is 35.5. The van der Waals surface area contributed by atoms with E-state index >= 15 is 8.78 Å². The van der Waals surface area contributed by atoms with Crippen LogP contribution in [0.2, 0.25) is 5.02 Å². The minimum atomic E-state index is -3.96. The number of hydrogen-bond acceptors (Lipinski definition) is 5. The fourth-order valence-electron chi connectivity index (χ4n) is 2.40. The highest BCUT2D eigenvalue weighted by Crippen LogP contribution is 2.46. The van der Waals surface area contributed by atoms with E-state index in [0.29, 0.717) is 0 Å². The molecule has 0 fully saturated rings. The van der Waals surface area contributed by atoms with Gasteiger partial charge in [-0.3, -0.25) is 4.98 Å². The summed E-state index contributed by atoms with van der Waals surface area (Å²) in [5.41, 5.74) is -4.42. The molecule has 0 aliphatic carbocycles. The summed E-state index contributed by atoms with van der Waals surface area (Å²) in [4.78, 5) is 4.34. The summed E-state index contributed by atoms with van der Waals surface area (Å²) < 4.78 is 44.7. The van der Waals surface area contributed by atoms with Crippen molar-refractivity contribution in [3.8, 4) is 0 Å². The van der Waals surface area contributed by atoms with Gasteiger partial charge in [0.25, 0.3) is 0 Å². The molecular formula is C15H11ClF3N5O. The van der Waals surface area contributed by atoms with Crippen molar-refractivity contribution in [2.24, 2.45) is 0 Å². The quantitative estimate of drug-likeness (QED) is 0.748. The van der Waals surface area contributed by atoms with Gasteiger partial charge in [-0.05, 0) is 29.5 Å². The van der Waals surface area contributed by atoms with Crippen LogP contribution in [0, 0.1) is 5.82 Å². The van der Waals surface area contributed by atoms with E-state index < -0.39 is 35.1 Å². The van der Waals surface area contributed by atoms with Gasteiger partial charge in [-0.15, -0.1) is 10.2 Å². The molecule has 25 heavy (non-hydrogen) atoms. The third-order valence-electron chi connectivity index (χ3n) is 3.64. The standard InChI is InChI=1S/C15H11ClF3N5O/c16-10-4-5-11(12(17)7-10)14(25,8-24-22-9-21-23-24)15(18,19)13-3-1-2-6-20-13/h1-7,9,25H,8H2. The normalized spacial score (nSPS) is 14.3. The zero-order valence-corrected chi connectivity index (χ0v) is 13.3. The van der Waals surface area contributed by atoms with Crippen molar-refractivity contribution in [3.63, 3.8) is 0 Å². The van der Waals surface area contributed by atoms with E-state index in [4.69, 9.17) is 11.6 Å². The Bertz CT molecular complexity index is 863. The molecule has 3 rings (SSSR count). The van der Waals surface area contributed by atoms with Crippen molar-refractivity contribution in [1.82, 2.24) is 25.2 Å². The molecule has 2 aromatic heterocycles. The van der Waals surface area contributed by atoms with Crippen LogP contribution >= 0.6 is 11.6 Å². The molecule has 0 radical (unpaired) electrons. The lowest BCUT2D eigenvalue weighted by atomic mass is 9.84. The van der Waals surface area contributed by atoms with Gasteiger partial charge in [-0.25, -0.2) is 4.39 Å². The number of tetrazole rings is 1. The zero-order chi connectivity index (χ0) is 18.1. The first-order valence-electron chi connectivity index (χ1n) is 7.02. The molecule has 0 saturated heterocycles. The van der Waals surface area contributed by atoms with Crippen molar-refractivity contribution in [1.29, 1.82) is 0 Å². The van der Waals surface area contributed by atoms with Crippen LogP contribution in [-0.2, 0) is 18.1 Å². The average molecular weight is 370 g/mol. The smallest absolute Gasteiger partial charge is 0.323 e. The number of alkyl halides is 2. The lowest BCUT2D eigenvalue weighted by Crippen LogP contribution is -2.48. The summed E-state index contributed by atoms with van der Waals surface area (Å²) in [5, 5.41) is 21.4. The highest BCUT2D eigenvalue weighted by molar-refractivity contribution is 6.30. The van der Waals surface area contributed by atoms with E-state index in [-0.39, 0.29) is 5.02 Å². The number of aliphatic hydroxyl groups is 1. The van der Waals surface area contributed by atoms with E-state index in [1.54, 1.807) is 0 Å². The molecule has 10 heteroatoms. The number of halogens is 4. The molecule has 0 saturated carbocycles. The Kier molecular flexibility index (Phi) is 4.44. The monoisotopic (exact) mass is 369 g/mol. The molecule has 1 aromatic carbocycles. The van der Waals surface area contributed by atoms with Crippen molar-refractivity contribution >= 4 is 11.6 Å². The number of benzene rings is 1. The van der Waals surface area contributed by atoms with Crippen LogP contribution in [0.15, 0.2) is 48.9 Å². The molecule has 0 aliphatic rings. The Morgan fingerprint density at radius 1 is 1.20 bits per heavy atom. The van der Waals surface area contributed by atoms with Crippen LogP contribution in [0.4, 0.5) is 13.2 Å². The maximum Gasteiger partial charge on any atom is 0.323 e. The highest BCUT2D eigenvalue weighted by Gasteiger charge is 2.58. The van der Waals surface area contributed by atoms with Gasteiger partial charge < -0.3 is 5.11 Å².